The van der Waals surface area contributed by atoms with Crippen molar-refractivity contribution in [3.8, 4) is 11.5 Å². The molecule has 0 radical (unpaired) electrons. The van der Waals surface area contributed by atoms with Gasteiger partial charge in [-0.1, -0.05) is 13.8 Å². The van der Waals surface area contributed by atoms with Gasteiger partial charge in [-0.15, -0.1) is 10.2 Å². The lowest BCUT2D eigenvalue weighted by atomic mass is 10.0. The van der Waals surface area contributed by atoms with E-state index >= 15 is 0 Å². The molecular weight excluding hydrogens is 354 g/mol. The van der Waals surface area contributed by atoms with Gasteiger partial charge in [0.2, 0.25) is 5.89 Å². The van der Waals surface area contributed by atoms with Gasteiger partial charge in [0.1, 0.15) is 17.5 Å². The SMILES string of the molecule is COc1cc(OC)cc(C(=O)NC(C(=O)OCc2nnc(C)o2)C(C)C)c1. The van der Waals surface area contributed by atoms with Crippen LogP contribution < -0.4 is 14.8 Å². The second kappa shape index (κ2) is 9.02. The first-order valence-corrected chi connectivity index (χ1v) is 8.33. The van der Waals surface area contributed by atoms with E-state index in [9.17, 15) is 9.59 Å². The minimum Gasteiger partial charge on any atom is -0.497 e. The normalized spacial score (nSPS) is 11.8. The van der Waals surface area contributed by atoms with Crippen molar-refractivity contribution in [1.82, 2.24) is 15.5 Å². The topological polar surface area (TPSA) is 113 Å². The maximum atomic E-state index is 12.6. The molecule has 9 nitrogen and oxygen atoms in total. The molecule has 0 bridgehead atoms. The van der Waals surface area contributed by atoms with Gasteiger partial charge in [0.15, 0.2) is 6.61 Å². The van der Waals surface area contributed by atoms with E-state index in [1.54, 1.807) is 39.0 Å². The van der Waals surface area contributed by atoms with E-state index < -0.39 is 17.9 Å². The standard InChI is InChI=1S/C18H23N3O6/c1-10(2)16(18(23)26-9-15-21-20-11(3)27-15)19-17(22)12-6-13(24-4)8-14(7-12)25-5/h6-8,10,16H,9H2,1-5H3,(H,19,22). The minimum atomic E-state index is -0.848. The van der Waals surface area contributed by atoms with Gasteiger partial charge in [-0.05, 0) is 18.1 Å². The first-order valence-electron chi connectivity index (χ1n) is 8.33. The average Bonchev–Trinajstić information content (AvgIpc) is 3.08. The number of carbonyl (C=O) groups excluding carboxylic acids is 2. The number of ether oxygens (including phenoxy) is 3. The Labute approximate surface area is 157 Å². The number of benzene rings is 1. The predicted octanol–water partition coefficient (Wildman–Crippen LogP) is 1.89. The van der Waals surface area contributed by atoms with Gasteiger partial charge in [0.25, 0.3) is 11.8 Å². The van der Waals surface area contributed by atoms with E-state index in [-0.39, 0.29) is 18.4 Å². The van der Waals surface area contributed by atoms with Crippen molar-refractivity contribution in [2.75, 3.05) is 14.2 Å². The Kier molecular flexibility index (Phi) is 6.75. The van der Waals surface area contributed by atoms with Crippen LogP contribution in [0.25, 0.3) is 0 Å². The van der Waals surface area contributed by atoms with Crippen LogP contribution >= 0.6 is 0 Å². The zero-order valence-electron chi connectivity index (χ0n) is 15.9. The molecule has 1 atom stereocenters. The number of carbonyl (C=O) groups is 2. The number of rotatable bonds is 8. The molecule has 146 valence electrons. The molecule has 1 N–H and O–H groups in total. The summed E-state index contributed by atoms with van der Waals surface area (Å²) in [6.07, 6.45) is 0. The fourth-order valence-corrected chi connectivity index (χ4v) is 2.28. The fraction of sp³-hybridized carbons (Fsp3) is 0.444. The summed E-state index contributed by atoms with van der Waals surface area (Å²) < 4.78 is 20.7. The van der Waals surface area contributed by atoms with Gasteiger partial charge in [-0.25, -0.2) is 4.79 Å². The van der Waals surface area contributed by atoms with Gasteiger partial charge in [-0.2, -0.15) is 0 Å². The predicted molar refractivity (Wildman–Crippen MR) is 94.5 cm³/mol. The van der Waals surface area contributed by atoms with E-state index in [1.807, 2.05) is 0 Å². The Hall–Kier alpha value is -3.10. The lowest BCUT2D eigenvalue weighted by Gasteiger charge is -2.20. The monoisotopic (exact) mass is 377 g/mol. The third-order valence-electron chi connectivity index (χ3n) is 3.73. The number of aromatic nitrogens is 2. The van der Waals surface area contributed by atoms with Gasteiger partial charge in [-0.3, -0.25) is 4.79 Å². The number of nitrogens with zero attached hydrogens (tertiary/aromatic N) is 2. The molecule has 0 saturated heterocycles. The van der Waals surface area contributed by atoms with Crippen LogP contribution in [0.2, 0.25) is 0 Å². The third kappa shape index (κ3) is 5.44. The summed E-state index contributed by atoms with van der Waals surface area (Å²) in [5.74, 6) is 0.262. The maximum Gasteiger partial charge on any atom is 0.329 e. The van der Waals surface area contributed by atoms with Gasteiger partial charge in [0, 0.05) is 18.6 Å². The Bertz CT molecular complexity index is 780. The lowest BCUT2D eigenvalue weighted by molar-refractivity contribution is -0.149. The highest BCUT2D eigenvalue weighted by Gasteiger charge is 2.27. The van der Waals surface area contributed by atoms with Crippen LogP contribution in [0.4, 0.5) is 0 Å². The van der Waals surface area contributed by atoms with Crippen molar-refractivity contribution >= 4 is 11.9 Å². The van der Waals surface area contributed by atoms with E-state index in [0.29, 0.717) is 23.0 Å². The quantitative estimate of drug-likeness (QED) is 0.694. The molecular formula is C18H23N3O6. The van der Waals surface area contributed by atoms with E-state index in [1.165, 1.54) is 14.2 Å². The van der Waals surface area contributed by atoms with Crippen molar-refractivity contribution in [2.45, 2.75) is 33.4 Å². The number of hydrogen-bond donors (Lipinski definition) is 1. The van der Waals surface area contributed by atoms with Crippen molar-refractivity contribution in [2.24, 2.45) is 5.92 Å². The molecule has 1 unspecified atom stereocenters. The van der Waals surface area contributed by atoms with Crippen molar-refractivity contribution in [3.05, 3.63) is 35.5 Å². The molecule has 0 fully saturated rings. The second-order valence-electron chi connectivity index (χ2n) is 6.12. The van der Waals surface area contributed by atoms with Crippen molar-refractivity contribution in [3.63, 3.8) is 0 Å². The van der Waals surface area contributed by atoms with Gasteiger partial charge in [0.05, 0.1) is 14.2 Å². The van der Waals surface area contributed by atoms with Gasteiger partial charge >= 0.3 is 5.97 Å². The maximum absolute atomic E-state index is 12.6. The zero-order valence-corrected chi connectivity index (χ0v) is 15.9. The Balaban J connectivity index is 2.08. The highest BCUT2D eigenvalue weighted by atomic mass is 16.5. The number of nitrogens with one attached hydrogen (secondary N) is 1. The first-order chi connectivity index (χ1) is 12.8. The highest BCUT2D eigenvalue weighted by Crippen LogP contribution is 2.22. The van der Waals surface area contributed by atoms with Crippen molar-refractivity contribution < 1.29 is 28.2 Å². The summed E-state index contributed by atoms with van der Waals surface area (Å²) in [6, 6.07) is 3.92. The Morgan fingerprint density at radius 3 is 2.22 bits per heavy atom. The summed E-state index contributed by atoms with van der Waals surface area (Å²) in [5, 5.41) is 10.1. The third-order valence-corrected chi connectivity index (χ3v) is 3.73. The summed E-state index contributed by atoms with van der Waals surface area (Å²) in [5.41, 5.74) is 0.303. The van der Waals surface area contributed by atoms with E-state index in [0.717, 1.165) is 0 Å². The van der Waals surface area contributed by atoms with Crippen LogP contribution in [-0.2, 0) is 16.1 Å². The molecule has 2 aromatic rings. The summed E-state index contributed by atoms with van der Waals surface area (Å²) in [7, 11) is 2.98. The molecule has 1 aromatic carbocycles. The van der Waals surface area contributed by atoms with Crippen molar-refractivity contribution in [1.29, 1.82) is 0 Å². The molecule has 0 saturated carbocycles. The largest absolute Gasteiger partial charge is 0.497 e. The van der Waals surface area contributed by atoms with Gasteiger partial charge < -0.3 is 23.9 Å². The molecule has 0 aliphatic carbocycles. The van der Waals surface area contributed by atoms with Crippen LogP contribution in [0.5, 0.6) is 11.5 Å². The summed E-state index contributed by atoms with van der Waals surface area (Å²) in [6.45, 7) is 5.08. The van der Waals surface area contributed by atoms with Crippen LogP contribution in [0.1, 0.15) is 36.0 Å². The molecule has 27 heavy (non-hydrogen) atoms. The number of amides is 1. The molecule has 0 spiro atoms. The Morgan fingerprint density at radius 2 is 1.74 bits per heavy atom. The first kappa shape index (κ1) is 20.2. The molecule has 2 rings (SSSR count). The summed E-state index contributed by atoms with van der Waals surface area (Å²) in [4.78, 5) is 25.0. The molecule has 0 aliphatic rings. The zero-order chi connectivity index (χ0) is 20.0. The second-order valence-corrected chi connectivity index (χ2v) is 6.12. The molecule has 0 aliphatic heterocycles. The number of methoxy groups -OCH3 is 2. The highest BCUT2D eigenvalue weighted by molar-refractivity contribution is 5.97. The summed E-state index contributed by atoms with van der Waals surface area (Å²) >= 11 is 0. The minimum absolute atomic E-state index is 0.161. The molecule has 1 aromatic heterocycles. The molecule has 1 amide bonds. The van der Waals surface area contributed by atoms with E-state index in [2.05, 4.69) is 15.5 Å². The number of hydrogen-bond acceptors (Lipinski definition) is 8. The van der Waals surface area contributed by atoms with Crippen LogP contribution in [-0.4, -0.2) is 42.3 Å². The van der Waals surface area contributed by atoms with E-state index in [4.69, 9.17) is 18.6 Å². The Morgan fingerprint density at radius 1 is 1.11 bits per heavy atom. The van der Waals surface area contributed by atoms with Crippen LogP contribution in [0, 0.1) is 12.8 Å². The van der Waals surface area contributed by atoms with Crippen LogP contribution in [0.15, 0.2) is 22.6 Å². The molecule has 1 heterocycles. The van der Waals surface area contributed by atoms with Crippen LogP contribution in [0.3, 0.4) is 0 Å². The smallest absolute Gasteiger partial charge is 0.329 e. The number of esters is 1. The fourth-order valence-electron chi connectivity index (χ4n) is 2.28. The number of aryl methyl sites for hydroxylation is 1. The lowest BCUT2D eigenvalue weighted by Crippen LogP contribution is -2.45. The molecule has 9 heteroatoms. The average molecular weight is 377 g/mol.